The van der Waals surface area contributed by atoms with E-state index in [1.807, 2.05) is 6.92 Å². The van der Waals surface area contributed by atoms with Gasteiger partial charge in [-0.1, -0.05) is 0 Å². The zero-order chi connectivity index (χ0) is 13.8. The Morgan fingerprint density at radius 2 is 2.16 bits per heavy atom. The Kier molecular flexibility index (Phi) is 5.01. The lowest BCUT2D eigenvalue weighted by atomic mass is 10.1. The van der Waals surface area contributed by atoms with Gasteiger partial charge in [0.15, 0.2) is 0 Å². The lowest BCUT2D eigenvalue weighted by Gasteiger charge is -2.28. The highest BCUT2D eigenvalue weighted by molar-refractivity contribution is 5.79. The summed E-state index contributed by atoms with van der Waals surface area (Å²) in [5.74, 6) is 6.45. The summed E-state index contributed by atoms with van der Waals surface area (Å²) >= 11 is 0. The second kappa shape index (κ2) is 6.54. The monoisotopic (exact) mass is 269 g/mol. The summed E-state index contributed by atoms with van der Waals surface area (Å²) < 4.78 is 5.13. The summed E-state index contributed by atoms with van der Waals surface area (Å²) in [5, 5.41) is 0. The molecule has 3 unspecified atom stereocenters. The number of nitrogens with one attached hydrogen (secondary N) is 1. The van der Waals surface area contributed by atoms with E-state index in [4.69, 9.17) is 10.6 Å². The van der Waals surface area contributed by atoms with Crippen LogP contribution in [0.4, 0.5) is 0 Å². The second-order valence-corrected chi connectivity index (χ2v) is 5.69. The van der Waals surface area contributed by atoms with Gasteiger partial charge < -0.3 is 9.64 Å². The zero-order valence-corrected chi connectivity index (χ0v) is 12.3. The van der Waals surface area contributed by atoms with Crippen molar-refractivity contribution in [3.63, 3.8) is 0 Å². The van der Waals surface area contributed by atoms with Crippen LogP contribution in [0.3, 0.4) is 0 Å². The van der Waals surface area contributed by atoms with Crippen molar-refractivity contribution >= 4 is 5.96 Å². The molecule has 0 radical (unpaired) electrons. The van der Waals surface area contributed by atoms with Crippen LogP contribution in [0.5, 0.6) is 0 Å². The molecule has 0 aliphatic carbocycles. The maximum Gasteiger partial charge on any atom is 0.208 e. The van der Waals surface area contributed by atoms with Gasteiger partial charge >= 0.3 is 0 Å². The lowest BCUT2D eigenvalue weighted by molar-refractivity contribution is 0.185. The Balaban J connectivity index is 2.03. The van der Waals surface area contributed by atoms with Gasteiger partial charge in [-0.2, -0.15) is 0 Å². The van der Waals surface area contributed by atoms with Gasteiger partial charge in [0.1, 0.15) is 0 Å². The smallest absolute Gasteiger partial charge is 0.208 e. The molecule has 19 heavy (non-hydrogen) atoms. The van der Waals surface area contributed by atoms with Crippen LogP contribution in [0.25, 0.3) is 0 Å². The molecular weight excluding hydrogens is 242 g/mol. The molecule has 2 aliphatic rings. The first-order chi connectivity index (χ1) is 9.15. The molecule has 0 aromatic carbocycles. The standard InChI is InChI=1S/C13H27N5O/c1-10(9-19-3)15-13(16-14)18-7-6-11-4-5-12(8-18)17(11)2/h10-12H,4-9,14H2,1-3H3,(H,15,16). The number of rotatable bonds is 3. The predicted molar refractivity (Wildman–Crippen MR) is 76.9 cm³/mol. The Morgan fingerprint density at radius 1 is 1.42 bits per heavy atom. The fraction of sp³-hybridized carbons (Fsp3) is 0.923. The third-order valence-corrected chi connectivity index (χ3v) is 4.33. The number of aliphatic imine (C=N–C) groups is 1. The van der Waals surface area contributed by atoms with Crippen LogP contribution < -0.4 is 11.3 Å². The van der Waals surface area contributed by atoms with Gasteiger partial charge in [0.2, 0.25) is 5.96 Å². The van der Waals surface area contributed by atoms with Gasteiger partial charge in [0.25, 0.3) is 0 Å². The number of hydrogen-bond acceptors (Lipinski definition) is 4. The van der Waals surface area contributed by atoms with E-state index in [1.54, 1.807) is 7.11 Å². The van der Waals surface area contributed by atoms with E-state index in [0.29, 0.717) is 12.6 Å². The average Bonchev–Trinajstić information content (AvgIpc) is 2.61. The lowest BCUT2D eigenvalue weighted by Crippen LogP contribution is -2.48. The Labute approximate surface area is 115 Å². The van der Waals surface area contributed by atoms with Gasteiger partial charge in [-0.15, -0.1) is 0 Å². The minimum Gasteiger partial charge on any atom is -0.382 e. The van der Waals surface area contributed by atoms with Crippen LogP contribution >= 0.6 is 0 Å². The van der Waals surface area contributed by atoms with Crippen LogP contribution in [0, 0.1) is 0 Å². The number of hydrazine groups is 1. The maximum atomic E-state index is 5.65. The molecule has 2 bridgehead atoms. The Bertz CT molecular complexity index is 322. The third-order valence-electron chi connectivity index (χ3n) is 4.33. The normalized spacial score (nSPS) is 30.3. The molecule has 0 spiro atoms. The average molecular weight is 269 g/mol. The van der Waals surface area contributed by atoms with Gasteiger partial charge in [-0.25, -0.2) is 10.8 Å². The summed E-state index contributed by atoms with van der Waals surface area (Å²) in [6, 6.07) is 1.48. The van der Waals surface area contributed by atoms with E-state index < -0.39 is 0 Å². The summed E-state index contributed by atoms with van der Waals surface area (Å²) in [6.07, 6.45) is 3.80. The molecule has 2 fully saturated rings. The van der Waals surface area contributed by atoms with E-state index in [2.05, 4.69) is 27.3 Å². The van der Waals surface area contributed by atoms with Crippen LogP contribution in [0.1, 0.15) is 26.2 Å². The Morgan fingerprint density at radius 3 is 2.84 bits per heavy atom. The van der Waals surface area contributed by atoms with Crippen molar-refractivity contribution in [3.8, 4) is 0 Å². The van der Waals surface area contributed by atoms with Gasteiger partial charge in [0.05, 0.1) is 12.6 Å². The molecular formula is C13H27N5O. The number of fused-ring (bicyclic) bond motifs is 2. The van der Waals surface area contributed by atoms with E-state index in [-0.39, 0.29) is 6.04 Å². The first kappa shape index (κ1) is 14.6. The van der Waals surface area contributed by atoms with E-state index in [0.717, 1.165) is 25.1 Å². The number of guanidine groups is 1. The van der Waals surface area contributed by atoms with Crippen molar-refractivity contribution in [2.24, 2.45) is 10.8 Å². The Hall–Kier alpha value is -0.850. The molecule has 0 amide bonds. The van der Waals surface area contributed by atoms with Crippen LogP contribution in [-0.2, 0) is 4.74 Å². The van der Waals surface area contributed by atoms with Crippen LogP contribution in [0.2, 0.25) is 0 Å². The molecule has 0 saturated carbocycles. The first-order valence-corrected chi connectivity index (χ1v) is 7.16. The molecule has 2 aliphatic heterocycles. The fourth-order valence-corrected chi connectivity index (χ4v) is 3.20. The van der Waals surface area contributed by atoms with Crippen molar-refractivity contribution < 1.29 is 4.74 Å². The number of hydrogen-bond donors (Lipinski definition) is 2. The molecule has 2 rings (SSSR count). The van der Waals surface area contributed by atoms with Crippen LogP contribution in [-0.4, -0.2) is 67.7 Å². The van der Waals surface area contributed by atoms with Crippen molar-refractivity contribution in [2.45, 2.75) is 44.3 Å². The van der Waals surface area contributed by atoms with Gasteiger partial charge in [-0.05, 0) is 33.2 Å². The van der Waals surface area contributed by atoms with E-state index in [9.17, 15) is 0 Å². The van der Waals surface area contributed by atoms with E-state index in [1.165, 1.54) is 19.3 Å². The minimum absolute atomic E-state index is 0.120. The highest BCUT2D eigenvalue weighted by Crippen LogP contribution is 2.28. The number of methoxy groups -OCH3 is 1. The minimum atomic E-state index is 0.120. The molecule has 2 saturated heterocycles. The first-order valence-electron chi connectivity index (χ1n) is 7.16. The summed E-state index contributed by atoms with van der Waals surface area (Å²) in [6.45, 7) is 4.69. The topological polar surface area (TPSA) is 66.1 Å². The SMILES string of the molecule is COCC(C)N=C(NN)N1CCC2CCC(C1)N2C. The van der Waals surface area contributed by atoms with Crippen molar-refractivity contribution in [2.75, 3.05) is 33.9 Å². The second-order valence-electron chi connectivity index (χ2n) is 5.69. The number of likely N-dealkylation sites (N-methyl/N-ethyl adjacent to an activating group) is 1. The number of nitrogens with zero attached hydrogens (tertiary/aromatic N) is 3. The number of ether oxygens (including phenoxy) is 1. The molecule has 6 nitrogen and oxygen atoms in total. The molecule has 2 heterocycles. The van der Waals surface area contributed by atoms with Crippen molar-refractivity contribution in [1.82, 2.24) is 15.2 Å². The summed E-state index contributed by atoms with van der Waals surface area (Å²) in [4.78, 5) is 9.43. The van der Waals surface area contributed by atoms with Gasteiger partial charge in [0, 0.05) is 32.3 Å². The largest absolute Gasteiger partial charge is 0.382 e. The third kappa shape index (κ3) is 3.38. The highest BCUT2D eigenvalue weighted by Gasteiger charge is 2.35. The molecule has 110 valence electrons. The summed E-state index contributed by atoms with van der Waals surface area (Å²) in [5.41, 5.74) is 2.77. The quantitative estimate of drug-likeness (QED) is 0.327. The molecule has 3 atom stereocenters. The van der Waals surface area contributed by atoms with Crippen molar-refractivity contribution in [3.05, 3.63) is 0 Å². The zero-order valence-electron chi connectivity index (χ0n) is 12.3. The number of nitrogens with two attached hydrogens (primary N) is 1. The molecule has 6 heteroatoms. The predicted octanol–water partition coefficient (Wildman–Crippen LogP) is 0.00910. The maximum absolute atomic E-state index is 5.65. The van der Waals surface area contributed by atoms with Gasteiger partial charge in [-0.3, -0.25) is 10.3 Å². The van der Waals surface area contributed by atoms with Crippen molar-refractivity contribution in [1.29, 1.82) is 0 Å². The number of likely N-dealkylation sites (tertiary alicyclic amines) is 1. The van der Waals surface area contributed by atoms with Crippen LogP contribution in [0.15, 0.2) is 4.99 Å². The van der Waals surface area contributed by atoms with E-state index >= 15 is 0 Å². The molecule has 3 N–H and O–H groups in total. The summed E-state index contributed by atoms with van der Waals surface area (Å²) in [7, 11) is 3.94. The fourth-order valence-electron chi connectivity index (χ4n) is 3.20. The molecule has 0 aromatic heterocycles. The molecule has 0 aromatic rings. The highest BCUT2D eigenvalue weighted by atomic mass is 16.5.